The highest BCUT2D eigenvalue weighted by Crippen LogP contribution is 2.41. The minimum Gasteiger partial charge on any atom is -0.274 e. The van der Waals surface area contributed by atoms with Gasteiger partial charge in [-0.3, -0.25) is 9.52 Å². The summed E-state index contributed by atoms with van der Waals surface area (Å²) in [5.74, 6) is 0.0710. The molecule has 1 N–H and O–H groups in total. The standard InChI is InChI=1S/C9H15NO3S.ClH/c1-2-6-5-8(6)9(11)10-14(12,13)7-3-4-7;/h6-8H,2-5H2,1H3,(H,10,11);1H. The van der Waals surface area contributed by atoms with E-state index in [4.69, 9.17) is 0 Å². The molecule has 4 nitrogen and oxygen atoms in total. The predicted octanol–water partition coefficient (Wildman–Crippen LogP) is 1.06. The lowest BCUT2D eigenvalue weighted by molar-refractivity contribution is -0.120. The van der Waals surface area contributed by atoms with E-state index in [-0.39, 0.29) is 29.5 Å². The third kappa shape index (κ3) is 2.84. The molecule has 2 rings (SSSR count). The van der Waals surface area contributed by atoms with Crippen molar-refractivity contribution in [3.63, 3.8) is 0 Å². The van der Waals surface area contributed by atoms with E-state index in [0.717, 1.165) is 12.8 Å². The Hall–Kier alpha value is -0.290. The largest absolute Gasteiger partial charge is 0.274 e. The van der Waals surface area contributed by atoms with E-state index in [1.807, 2.05) is 6.92 Å². The second-order valence-electron chi connectivity index (χ2n) is 4.22. The minimum atomic E-state index is -3.32. The van der Waals surface area contributed by atoms with Crippen LogP contribution in [0.2, 0.25) is 0 Å². The number of rotatable bonds is 4. The van der Waals surface area contributed by atoms with Crippen molar-refractivity contribution >= 4 is 28.3 Å². The van der Waals surface area contributed by atoms with Crippen LogP contribution in [0.15, 0.2) is 0 Å². The number of halogens is 1. The maximum absolute atomic E-state index is 11.4. The monoisotopic (exact) mass is 253 g/mol. The third-order valence-corrected chi connectivity index (χ3v) is 4.82. The second kappa shape index (κ2) is 4.29. The first-order valence-corrected chi connectivity index (χ1v) is 6.64. The summed E-state index contributed by atoms with van der Waals surface area (Å²) in [7, 11) is -3.32. The van der Waals surface area contributed by atoms with Crippen LogP contribution in [0, 0.1) is 11.8 Å². The van der Waals surface area contributed by atoms with Crippen molar-refractivity contribution in [2.45, 2.75) is 37.9 Å². The fraction of sp³-hybridized carbons (Fsp3) is 0.889. The quantitative estimate of drug-likeness (QED) is 0.815. The zero-order valence-electron chi connectivity index (χ0n) is 8.60. The maximum Gasteiger partial charge on any atom is 0.237 e. The van der Waals surface area contributed by atoms with E-state index in [2.05, 4.69) is 4.72 Å². The van der Waals surface area contributed by atoms with Crippen LogP contribution in [0.5, 0.6) is 0 Å². The van der Waals surface area contributed by atoms with Gasteiger partial charge < -0.3 is 0 Å². The molecule has 0 aromatic rings. The van der Waals surface area contributed by atoms with Gasteiger partial charge in [-0.15, -0.1) is 12.4 Å². The first kappa shape index (κ1) is 12.8. The van der Waals surface area contributed by atoms with Gasteiger partial charge in [-0.1, -0.05) is 13.3 Å². The SMILES string of the molecule is CCC1CC1C(=O)NS(=O)(=O)C1CC1.Cl. The van der Waals surface area contributed by atoms with Gasteiger partial charge in [-0.25, -0.2) is 8.42 Å². The van der Waals surface area contributed by atoms with E-state index in [1.54, 1.807) is 0 Å². The molecule has 2 atom stereocenters. The minimum absolute atomic E-state index is 0. The van der Waals surface area contributed by atoms with Gasteiger partial charge >= 0.3 is 0 Å². The topological polar surface area (TPSA) is 63.2 Å². The molecule has 15 heavy (non-hydrogen) atoms. The number of amides is 1. The average molecular weight is 254 g/mol. The summed E-state index contributed by atoms with van der Waals surface area (Å²) >= 11 is 0. The lowest BCUT2D eigenvalue weighted by atomic mass is 10.2. The Balaban J connectivity index is 0.00000112. The summed E-state index contributed by atoms with van der Waals surface area (Å²) in [6, 6.07) is 0. The first-order valence-electron chi connectivity index (χ1n) is 5.10. The molecule has 1 amide bonds. The van der Waals surface area contributed by atoms with E-state index < -0.39 is 10.0 Å². The van der Waals surface area contributed by atoms with Gasteiger partial charge in [-0.2, -0.15) is 0 Å². The molecule has 6 heteroatoms. The van der Waals surface area contributed by atoms with Gasteiger partial charge in [0.05, 0.1) is 5.25 Å². The molecular formula is C9H16ClNO3S. The van der Waals surface area contributed by atoms with Crippen molar-refractivity contribution in [1.82, 2.24) is 4.72 Å². The van der Waals surface area contributed by atoms with Gasteiger partial charge in [0.1, 0.15) is 0 Å². The van der Waals surface area contributed by atoms with Crippen LogP contribution in [0.25, 0.3) is 0 Å². The normalized spacial score (nSPS) is 29.1. The summed E-state index contributed by atoms with van der Waals surface area (Å²) in [4.78, 5) is 11.4. The Bertz CT molecular complexity index is 350. The molecule has 0 bridgehead atoms. The highest BCUT2D eigenvalue weighted by molar-refractivity contribution is 7.90. The summed E-state index contributed by atoms with van der Waals surface area (Å²) < 4.78 is 25.0. The molecule has 0 spiro atoms. The Morgan fingerprint density at radius 3 is 2.40 bits per heavy atom. The highest BCUT2D eigenvalue weighted by Gasteiger charge is 2.45. The van der Waals surface area contributed by atoms with Crippen molar-refractivity contribution in [3.8, 4) is 0 Å². The number of hydrogen-bond acceptors (Lipinski definition) is 3. The fourth-order valence-corrected chi connectivity index (χ4v) is 3.05. The van der Waals surface area contributed by atoms with Crippen LogP contribution in [0.4, 0.5) is 0 Å². The zero-order chi connectivity index (χ0) is 10.3. The van der Waals surface area contributed by atoms with Crippen LogP contribution in [-0.4, -0.2) is 19.6 Å². The summed E-state index contributed by atoms with van der Waals surface area (Å²) in [5.41, 5.74) is 0. The summed E-state index contributed by atoms with van der Waals surface area (Å²) in [5, 5.41) is -0.301. The predicted molar refractivity (Wildman–Crippen MR) is 59.2 cm³/mol. The van der Waals surface area contributed by atoms with Gasteiger partial charge in [-0.05, 0) is 25.2 Å². The maximum atomic E-state index is 11.4. The molecule has 2 aliphatic rings. The van der Waals surface area contributed by atoms with Crippen molar-refractivity contribution in [2.24, 2.45) is 11.8 Å². The lowest BCUT2D eigenvalue weighted by Crippen LogP contribution is -2.34. The Kier molecular flexibility index (Phi) is 3.66. The Morgan fingerprint density at radius 1 is 1.40 bits per heavy atom. The van der Waals surface area contributed by atoms with Crippen LogP contribution in [0.1, 0.15) is 32.6 Å². The van der Waals surface area contributed by atoms with Crippen molar-refractivity contribution < 1.29 is 13.2 Å². The Morgan fingerprint density at radius 2 is 2.00 bits per heavy atom. The second-order valence-corrected chi connectivity index (χ2v) is 6.18. The number of sulfonamides is 1. The molecule has 88 valence electrons. The molecule has 0 heterocycles. The highest BCUT2D eigenvalue weighted by atomic mass is 35.5. The first-order chi connectivity index (χ1) is 6.54. The van der Waals surface area contributed by atoms with Gasteiger partial charge in [0.15, 0.2) is 0 Å². The molecule has 2 unspecified atom stereocenters. The summed E-state index contributed by atoms with van der Waals surface area (Å²) in [6.45, 7) is 2.02. The molecule has 0 saturated heterocycles. The third-order valence-electron chi connectivity index (χ3n) is 2.99. The van der Waals surface area contributed by atoms with Gasteiger partial charge in [0.25, 0.3) is 0 Å². The molecule has 2 fully saturated rings. The molecule has 2 saturated carbocycles. The van der Waals surface area contributed by atoms with E-state index in [9.17, 15) is 13.2 Å². The number of hydrogen-bond donors (Lipinski definition) is 1. The molecule has 0 aromatic heterocycles. The van der Waals surface area contributed by atoms with Gasteiger partial charge in [0.2, 0.25) is 15.9 Å². The molecule has 0 aliphatic heterocycles. The summed E-state index contributed by atoms with van der Waals surface area (Å²) in [6.07, 6.45) is 3.21. The fourth-order valence-electron chi connectivity index (χ4n) is 1.70. The van der Waals surface area contributed by atoms with Crippen molar-refractivity contribution in [3.05, 3.63) is 0 Å². The Labute approximate surface area is 96.3 Å². The molecule has 2 aliphatic carbocycles. The van der Waals surface area contributed by atoms with E-state index in [1.165, 1.54) is 0 Å². The van der Waals surface area contributed by atoms with E-state index >= 15 is 0 Å². The van der Waals surface area contributed by atoms with Crippen LogP contribution in [-0.2, 0) is 14.8 Å². The zero-order valence-corrected chi connectivity index (χ0v) is 10.2. The van der Waals surface area contributed by atoms with Crippen LogP contribution in [0.3, 0.4) is 0 Å². The number of carbonyl (C=O) groups is 1. The lowest BCUT2D eigenvalue weighted by Gasteiger charge is -2.04. The smallest absolute Gasteiger partial charge is 0.237 e. The number of nitrogens with one attached hydrogen (secondary N) is 1. The molecule has 0 aromatic carbocycles. The van der Waals surface area contributed by atoms with Crippen molar-refractivity contribution in [2.75, 3.05) is 0 Å². The van der Waals surface area contributed by atoms with Crippen molar-refractivity contribution in [1.29, 1.82) is 0 Å². The molecular weight excluding hydrogens is 238 g/mol. The van der Waals surface area contributed by atoms with E-state index in [0.29, 0.717) is 18.8 Å². The van der Waals surface area contributed by atoms with Crippen LogP contribution >= 0.6 is 12.4 Å². The van der Waals surface area contributed by atoms with Gasteiger partial charge in [0, 0.05) is 5.92 Å². The molecule has 0 radical (unpaired) electrons. The van der Waals surface area contributed by atoms with Crippen LogP contribution < -0.4 is 4.72 Å². The number of carbonyl (C=O) groups excluding carboxylic acids is 1. The average Bonchev–Trinajstić information content (AvgIpc) is 2.98.